The summed E-state index contributed by atoms with van der Waals surface area (Å²) in [5.41, 5.74) is 9.58. The van der Waals surface area contributed by atoms with E-state index < -0.39 is 0 Å². The molecular weight excluding hydrogens is 312 g/mol. The molecule has 0 spiro atoms. The average Bonchev–Trinajstić information content (AvgIpc) is 2.64. The first-order valence-corrected chi connectivity index (χ1v) is 8.68. The average molecular weight is 338 g/mol. The van der Waals surface area contributed by atoms with Gasteiger partial charge in [-0.15, -0.1) is 0 Å². The third-order valence-corrected chi connectivity index (χ3v) is 4.72. The molecule has 25 heavy (non-hydrogen) atoms. The zero-order valence-electron chi connectivity index (χ0n) is 14.9. The number of ether oxygens (including phenoxy) is 1. The molecule has 2 aromatic rings. The topological polar surface area (TPSA) is 74.4 Å². The second-order valence-corrected chi connectivity index (χ2v) is 6.57. The molecule has 132 valence electrons. The number of hydrogen-bond acceptors (Lipinski definition) is 5. The molecule has 1 fully saturated rings. The molecule has 4 N–H and O–H groups in total. The number of piperidine rings is 1. The summed E-state index contributed by atoms with van der Waals surface area (Å²) in [7, 11) is 4.00. The molecule has 1 aliphatic rings. The highest BCUT2D eigenvalue weighted by atomic mass is 16.5. The van der Waals surface area contributed by atoms with E-state index in [2.05, 4.69) is 17.3 Å². The van der Waals surface area contributed by atoms with Crippen LogP contribution in [0.5, 0.6) is 5.75 Å². The zero-order chi connectivity index (χ0) is 17.8. The molecule has 5 nitrogen and oxygen atoms in total. The van der Waals surface area contributed by atoms with Gasteiger partial charge in [-0.3, -0.25) is 5.41 Å². The van der Waals surface area contributed by atoms with Gasteiger partial charge in [-0.2, -0.15) is 0 Å². The van der Waals surface area contributed by atoms with Gasteiger partial charge in [-0.05, 0) is 62.4 Å². The maximum absolute atomic E-state index is 8.47. The Kier molecular flexibility index (Phi) is 5.24. The summed E-state index contributed by atoms with van der Waals surface area (Å²) >= 11 is 0. The van der Waals surface area contributed by atoms with E-state index in [1.165, 1.54) is 0 Å². The summed E-state index contributed by atoms with van der Waals surface area (Å²) in [4.78, 5) is 2.33. The minimum Gasteiger partial charge on any atom is -0.490 e. The number of benzene rings is 2. The van der Waals surface area contributed by atoms with Crippen LogP contribution in [0.1, 0.15) is 24.0 Å². The van der Waals surface area contributed by atoms with E-state index in [4.69, 9.17) is 15.9 Å². The van der Waals surface area contributed by atoms with Crippen molar-refractivity contribution in [2.45, 2.75) is 18.9 Å². The summed E-state index contributed by atoms with van der Waals surface area (Å²) in [6.07, 6.45) is 2.40. The minimum atomic E-state index is 0.282. The van der Waals surface area contributed by atoms with Crippen LogP contribution in [0.15, 0.2) is 42.5 Å². The molecule has 0 atom stereocenters. The Bertz CT molecular complexity index is 734. The van der Waals surface area contributed by atoms with Crippen molar-refractivity contribution in [1.29, 1.82) is 5.41 Å². The SMILES string of the molecule is CNc1ccc(N)c(C(=N)c2ccc(OC3CCN(C)CC3)cc2)c1. The molecule has 1 saturated heterocycles. The highest BCUT2D eigenvalue weighted by molar-refractivity contribution is 6.14. The summed E-state index contributed by atoms with van der Waals surface area (Å²) in [6.45, 7) is 2.16. The number of nitrogens with one attached hydrogen (secondary N) is 2. The van der Waals surface area contributed by atoms with Gasteiger partial charge in [-0.25, -0.2) is 0 Å². The Hall–Kier alpha value is -2.53. The second-order valence-electron chi connectivity index (χ2n) is 6.57. The van der Waals surface area contributed by atoms with Gasteiger partial charge < -0.3 is 20.7 Å². The maximum Gasteiger partial charge on any atom is 0.119 e. The smallest absolute Gasteiger partial charge is 0.119 e. The highest BCUT2D eigenvalue weighted by Crippen LogP contribution is 2.23. The molecule has 1 heterocycles. The van der Waals surface area contributed by atoms with E-state index in [0.29, 0.717) is 11.4 Å². The lowest BCUT2D eigenvalue weighted by molar-refractivity contribution is 0.114. The Balaban J connectivity index is 1.70. The van der Waals surface area contributed by atoms with Crippen LogP contribution < -0.4 is 15.8 Å². The Labute approximate surface area is 149 Å². The van der Waals surface area contributed by atoms with Crippen LogP contribution in [-0.4, -0.2) is 43.9 Å². The standard InChI is InChI=1S/C20H26N4O/c1-23-15-5-8-19(21)18(13-15)20(22)14-3-6-16(7-4-14)25-17-9-11-24(2)12-10-17/h3-8,13,17,22-23H,9-12,21H2,1-2H3. The summed E-state index contributed by atoms with van der Waals surface area (Å²) in [5.74, 6) is 0.864. The number of likely N-dealkylation sites (tertiary alicyclic amines) is 1. The third-order valence-electron chi connectivity index (χ3n) is 4.72. The van der Waals surface area contributed by atoms with Gasteiger partial charge in [0.25, 0.3) is 0 Å². The normalized spacial score (nSPS) is 15.8. The van der Waals surface area contributed by atoms with Crippen LogP contribution in [-0.2, 0) is 0 Å². The number of hydrogen-bond donors (Lipinski definition) is 3. The van der Waals surface area contributed by atoms with Crippen LogP contribution >= 0.6 is 0 Å². The van der Waals surface area contributed by atoms with Crippen molar-refractivity contribution < 1.29 is 4.74 Å². The van der Waals surface area contributed by atoms with Crippen LogP contribution in [0.4, 0.5) is 11.4 Å². The minimum absolute atomic E-state index is 0.282. The molecule has 0 aliphatic carbocycles. The fourth-order valence-corrected chi connectivity index (χ4v) is 3.08. The van der Waals surface area contributed by atoms with E-state index in [1.807, 2.05) is 49.5 Å². The number of nitrogen functional groups attached to an aromatic ring is 1. The number of rotatable bonds is 5. The van der Waals surface area contributed by atoms with Crippen LogP contribution in [0.3, 0.4) is 0 Å². The molecular formula is C20H26N4O. The van der Waals surface area contributed by atoms with Gasteiger partial charge in [0, 0.05) is 42.6 Å². The van der Waals surface area contributed by atoms with Crippen molar-refractivity contribution >= 4 is 17.1 Å². The summed E-state index contributed by atoms with van der Waals surface area (Å²) in [5, 5.41) is 11.6. The molecule has 0 amide bonds. The molecule has 5 heteroatoms. The van der Waals surface area contributed by atoms with Crippen molar-refractivity contribution in [3.8, 4) is 5.75 Å². The lowest BCUT2D eigenvalue weighted by Gasteiger charge is -2.29. The van der Waals surface area contributed by atoms with Crippen LogP contribution in [0.25, 0.3) is 0 Å². The molecule has 0 unspecified atom stereocenters. The number of nitrogens with two attached hydrogens (primary N) is 1. The van der Waals surface area contributed by atoms with Gasteiger partial charge in [0.1, 0.15) is 11.9 Å². The Morgan fingerprint density at radius 3 is 2.48 bits per heavy atom. The van der Waals surface area contributed by atoms with Crippen LogP contribution in [0, 0.1) is 5.41 Å². The lowest BCUT2D eigenvalue weighted by atomic mass is 10.00. The first kappa shape index (κ1) is 17.3. The monoisotopic (exact) mass is 338 g/mol. The predicted molar refractivity (Wildman–Crippen MR) is 104 cm³/mol. The fourth-order valence-electron chi connectivity index (χ4n) is 3.08. The van der Waals surface area contributed by atoms with Crippen molar-refractivity contribution in [3.05, 3.63) is 53.6 Å². The molecule has 0 bridgehead atoms. The van der Waals surface area contributed by atoms with Crippen molar-refractivity contribution in [1.82, 2.24) is 4.90 Å². The maximum atomic E-state index is 8.47. The molecule has 0 radical (unpaired) electrons. The summed E-state index contributed by atoms with van der Waals surface area (Å²) < 4.78 is 6.07. The van der Waals surface area contributed by atoms with E-state index in [-0.39, 0.29) is 6.10 Å². The molecule has 1 aliphatic heterocycles. The van der Waals surface area contributed by atoms with Gasteiger partial charge in [-0.1, -0.05) is 0 Å². The van der Waals surface area contributed by atoms with Gasteiger partial charge in [0.2, 0.25) is 0 Å². The van der Waals surface area contributed by atoms with Gasteiger partial charge in [0.05, 0.1) is 5.71 Å². The third kappa shape index (κ3) is 4.12. The number of anilines is 2. The summed E-state index contributed by atoms with van der Waals surface area (Å²) in [6, 6.07) is 13.4. The largest absolute Gasteiger partial charge is 0.490 e. The van der Waals surface area contributed by atoms with Gasteiger partial charge >= 0.3 is 0 Å². The predicted octanol–water partition coefficient (Wildman–Crippen LogP) is 3.20. The molecule has 2 aromatic carbocycles. The van der Waals surface area contributed by atoms with E-state index in [9.17, 15) is 0 Å². The Morgan fingerprint density at radius 2 is 1.84 bits per heavy atom. The van der Waals surface area contributed by atoms with Crippen molar-refractivity contribution in [2.75, 3.05) is 38.2 Å². The fraction of sp³-hybridized carbons (Fsp3) is 0.350. The first-order valence-electron chi connectivity index (χ1n) is 8.68. The number of nitrogens with zero attached hydrogens (tertiary/aromatic N) is 1. The van der Waals surface area contributed by atoms with Crippen molar-refractivity contribution in [3.63, 3.8) is 0 Å². The van der Waals surface area contributed by atoms with E-state index >= 15 is 0 Å². The molecule has 0 saturated carbocycles. The van der Waals surface area contributed by atoms with E-state index in [0.717, 1.165) is 48.5 Å². The first-order chi connectivity index (χ1) is 12.1. The van der Waals surface area contributed by atoms with Crippen LogP contribution in [0.2, 0.25) is 0 Å². The highest BCUT2D eigenvalue weighted by Gasteiger charge is 2.18. The molecule has 0 aromatic heterocycles. The second kappa shape index (κ2) is 7.57. The molecule has 3 rings (SSSR count). The Morgan fingerprint density at radius 1 is 1.16 bits per heavy atom. The van der Waals surface area contributed by atoms with Crippen molar-refractivity contribution in [2.24, 2.45) is 0 Å². The quantitative estimate of drug-likeness (QED) is 0.578. The van der Waals surface area contributed by atoms with E-state index in [1.54, 1.807) is 0 Å². The lowest BCUT2D eigenvalue weighted by Crippen LogP contribution is -2.35. The van der Waals surface area contributed by atoms with Gasteiger partial charge in [0.15, 0.2) is 0 Å². The zero-order valence-corrected chi connectivity index (χ0v) is 14.9.